The third-order valence-electron chi connectivity index (χ3n) is 4.73. The third kappa shape index (κ3) is 3.55. The maximum atomic E-state index is 12.2. The van der Waals surface area contributed by atoms with E-state index in [2.05, 4.69) is 9.88 Å². The predicted molar refractivity (Wildman–Crippen MR) is 81.1 cm³/mol. The van der Waals surface area contributed by atoms with Gasteiger partial charge in [-0.1, -0.05) is 6.42 Å². The molecule has 21 heavy (non-hydrogen) atoms. The largest absolute Gasteiger partial charge is 0.493 e. The van der Waals surface area contributed by atoms with Crippen molar-refractivity contribution in [1.29, 1.82) is 0 Å². The Morgan fingerprint density at radius 1 is 1.33 bits per heavy atom. The lowest BCUT2D eigenvalue weighted by Crippen LogP contribution is -2.44. The summed E-state index contributed by atoms with van der Waals surface area (Å²) in [5, 5.41) is 0. The number of pyridine rings is 1. The molecule has 2 heterocycles. The average Bonchev–Trinajstić information content (AvgIpc) is 2.44. The first kappa shape index (κ1) is 14.4. The van der Waals surface area contributed by atoms with Crippen LogP contribution in [0.1, 0.15) is 37.8 Å². The van der Waals surface area contributed by atoms with Crippen LogP contribution in [0, 0.1) is 18.8 Å². The molecule has 114 valence electrons. The Morgan fingerprint density at radius 3 is 2.71 bits per heavy atom. The molecule has 2 fully saturated rings. The van der Waals surface area contributed by atoms with E-state index in [0.29, 0.717) is 17.7 Å². The maximum absolute atomic E-state index is 12.2. The van der Waals surface area contributed by atoms with Crippen molar-refractivity contribution in [2.45, 2.75) is 39.0 Å². The van der Waals surface area contributed by atoms with Crippen LogP contribution in [0.3, 0.4) is 0 Å². The first-order valence-corrected chi connectivity index (χ1v) is 8.06. The molecular formula is C17H24N2O2. The fraction of sp³-hybridized carbons (Fsp3) is 0.647. The topological polar surface area (TPSA) is 42.4 Å². The highest BCUT2D eigenvalue weighted by molar-refractivity contribution is 5.79. The Kier molecular flexibility index (Phi) is 4.42. The molecule has 0 unspecified atom stereocenters. The van der Waals surface area contributed by atoms with E-state index >= 15 is 0 Å². The highest BCUT2D eigenvalue weighted by atomic mass is 16.5. The number of carbonyl (C=O) groups is 1. The first-order valence-electron chi connectivity index (χ1n) is 8.06. The molecule has 0 N–H and O–H groups in total. The summed E-state index contributed by atoms with van der Waals surface area (Å²) >= 11 is 0. The van der Waals surface area contributed by atoms with Gasteiger partial charge in [-0.2, -0.15) is 0 Å². The van der Waals surface area contributed by atoms with Crippen LogP contribution in [0.5, 0.6) is 5.75 Å². The van der Waals surface area contributed by atoms with E-state index in [0.717, 1.165) is 56.8 Å². The smallest absolute Gasteiger partial charge is 0.225 e. The van der Waals surface area contributed by atoms with Gasteiger partial charge in [-0.15, -0.1) is 0 Å². The Labute approximate surface area is 126 Å². The maximum Gasteiger partial charge on any atom is 0.225 e. The van der Waals surface area contributed by atoms with Gasteiger partial charge in [-0.3, -0.25) is 9.78 Å². The lowest BCUT2D eigenvalue weighted by molar-refractivity contribution is -0.139. The van der Waals surface area contributed by atoms with E-state index in [1.807, 2.05) is 19.1 Å². The minimum atomic E-state index is 0.331. The zero-order valence-electron chi connectivity index (χ0n) is 12.8. The van der Waals surface area contributed by atoms with Gasteiger partial charge in [0, 0.05) is 37.0 Å². The molecule has 1 saturated heterocycles. The zero-order valence-corrected chi connectivity index (χ0v) is 12.8. The van der Waals surface area contributed by atoms with Gasteiger partial charge >= 0.3 is 0 Å². The molecule has 1 aliphatic heterocycles. The van der Waals surface area contributed by atoms with E-state index in [-0.39, 0.29) is 0 Å². The van der Waals surface area contributed by atoms with Gasteiger partial charge in [0.15, 0.2) is 0 Å². The number of nitrogens with zero attached hydrogens (tertiary/aromatic N) is 2. The van der Waals surface area contributed by atoms with Gasteiger partial charge in [0.05, 0.1) is 6.61 Å². The third-order valence-corrected chi connectivity index (χ3v) is 4.73. The molecule has 2 aliphatic rings. The summed E-state index contributed by atoms with van der Waals surface area (Å²) in [5.41, 5.74) is 0.980. The van der Waals surface area contributed by atoms with Gasteiger partial charge in [0.2, 0.25) is 5.91 Å². The molecule has 1 saturated carbocycles. The van der Waals surface area contributed by atoms with Crippen LogP contribution in [-0.2, 0) is 4.79 Å². The molecule has 1 aromatic heterocycles. The number of piperidine rings is 1. The number of amides is 1. The number of rotatable bonds is 4. The first-order chi connectivity index (χ1) is 10.2. The lowest BCUT2D eigenvalue weighted by Gasteiger charge is -2.36. The molecule has 0 aromatic carbocycles. The standard InChI is InChI=1S/C17H24N2O2/c1-13-11-16(5-8-18-13)21-12-14-6-9-19(10-7-14)17(20)15-3-2-4-15/h5,8,11,14-15H,2-4,6-7,9-10,12H2,1H3. The Bertz CT molecular complexity index is 491. The number of ether oxygens (including phenoxy) is 1. The highest BCUT2D eigenvalue weighted by Crippen LogP contribution is 2.30. The number of carbonyl (C=O) groups excluding carboxylic acids is 1. The van der Waals surface area contributed by atoms with Gasteiger partial charge in [-0.25, -0.2) is 0 Å². The summed E-state index contributed by atoms with van der Waals surface area (Å²) < 4.78 is 5.86. The zero-order chi connectivity index (χ0) is 14.7. The second kappa shape index (κ2) is 6.46. The average molecular weight is 288 g/mol. The second-order valence-electron chi connectivity index (χ2n) is 6.34. The molecule has 4 heteroatoms. The van der Waals surface area contributed by atoms with Crippen molar-refractivity contribution in [1.82, 2.24) is 9.88 Å². The highest BCUT2D eigenvalue weighted by Gasteiger charge is 2.31. The molecule has 4 nitrogen and oxygen atoms in total. The molecule has 1 aromatic rings. The number of hydrogen-bond donors (Lipinski definition) is 0. The van der Waals surface area contributed by atoms with Gasteiger partial charge < -0.3 is 9.64 Å². The monoisotopic (exact) mass is 288 g/mol. The van der Waals surface area contributed by atoms with E-state index in [1.54, 1.807) is 6.20 Å². The van der Waals surface area contributed by atoms with Crippen molar-refractivity contribution >= 4 is 5.91 Å². The molecule has 0 bridgehead atoms. The van der Waals surface area contributed by atoms with Crippen LogP contribution >= 0.6 is 0 Å². The van der Waals surface area contributed by atoms with Crippen LogP contribution in [0.25, 0.3) is 0 Å². The van der Waals surface area contributed by atoms with Crippen molar-refractivity contribution in [2.24, 2.45) is 11.8 Å². The minimum Gasteiger partial charge on any atom is -0.493 e. The molecule has 0 spiro atoms. The van der Waals surface area contributed by atoms with Crippen molar-refractivity contribution in [2.75, 3.05) is 19.7 Å². The van der Waals surface area contributed by atoms with Crippen LogP contribution in [0.4, 0.5) is 0 Å². The lowest BCUT2D eigenvalue weighted by atomic mass is 9.83. The summed E-state index contributed by atoms with van der Waals surface area (Å²) in [6.45, 7) is 4.52. The van der Waals surface area contributed by atoms with Crippen LogP contribution in [0.15, 0.2) is 18.3 Å². The molecular weight excluding hydrogens is 264 g/mol. The number of hydrogen-bond acceptors (Lipinski definition) is 3. The molecule has 1 amide bonds. The van der Waals surface area contributed by atoms with Crippen molar-refractivity contribution < 1.29 is 9.53 Å². The van der Waals surface area contributed by atoms with E-state index in [1.165, 1.54) is 6.42 Å². The quantitative estimate of drug-likeness (QED) is 0.855. The fourth-order valence-electron chi connectivity index (χ4n) is 3.06. The molecule has 1 aliphatic carbocycles. The number of aromatic nitrogens is 1. The summed E-state index contributed by atoms with van der Waals surface area (Å²) in [6, 6.07) is 3.87. The van der Waals surface area contributed by atoms with Crippen molar-refractivity contribution in [3.63, 3.8) is 0 Å². The SMILES string of the molecule is Cc1cc(OCC2CCN(C(=O)C3CCC3)CC2)ccn1. The van der Waals surface area contributed by atoms with Crippen LogP contribution < -0.4 is 4.74 Å². The van der Waals surface area contributed by atoms with Crippen LogP contribution in [0.2, 0.25) is 0 Å². The van der Waals surface area contributed by atoms with Crippen LogP contribution in [-0.4, -0.2) is 35.5 Å². The van der Waals surface area contributed by atoms with E-state index in [4.69, 9.17) is 4.74 Å². The predicted octanol–water partition coefficient (Wildman–Crippen LogP) is 2.81. The number of likely N-dealkylation sites (tertiary alicyclic amines) is 1. The normalized spacial score (nSPS) is 20.1. The minimum absolute atomic E-state index is 0.331. The number of aryl methyl sites for hydroxylation is 1. The summed E-state index contributed by atoms with van der Waals surface area (Å²) in [6.07, 6.45) is 7.33. The summed E-state index contributed by atoms with van der Waals surface area (Å²) in [5.74, 6) is 2.18. The van der Waals surface area contributed by atoms with E-state index in [9.17, 15) is 4.79 Å². The van der Waals surface area contributed by atoms with Crippen molar-refractivity contribution in [3.05, 3.63) is 24.0 Å². The summed E-state index contributed by atoms with van der Waals surface area (Å²) in [7, 11) is 0. The Hall–Kier alpha value is -1.58. The fourth-order valence-corrected chi connectivity index (χ4v) is 3.06. The molecule has 0 radical (unpaired) electrons. The van der Waals surface area contributed by atoms with E-state index < -0.39 is 0 Å². The Balaban J connectivity index is 1.42. The Morgan fingerprint density at radius 2 is 2.10 bits per heavy atom. The van der Waals surface area contributed by atoms with Gasteiger partial charge in [0.25, 0.3) is 0 Å². The molecule has 0 atom stereocenters. The summed E-state index contributed by atoms with van der Waals surface area (Å²) in [4.78, 5) is 18.4. The molecule has 3 rings (SSSR count). The van der Waals surface area contributed by atoms with Gasteiger partial charge in [0.1, 0.15) is 5.75 Å². The second-order valence-corrected chi connectivity index (χ2v) is 6.34. The van der Waals surface area contributed by atoms with Gasteiger partial charge in [-0.05, 0) is 44.6 Å². The van der Waals surface area contributed by atoms with Crippen molar-refractivity contribution in [3.8, 4) is 5.75 Å².